The zero-order valence-electron chi connectivity index (χ0n) is 13.6. The molecule has 4 heteroatoms. The van der Waals surface area contributed by atoms with Crippen LogP contribution in [0.5, 0.6) is 0 Å². The topological polar surface area (TPSA) is 46.6 Å². The van der Waals surface area contributed by atoms with Crippen molar-refractivity contribution in [3.05, 3.63) is 11.6 Å². The van der Waals surface area contributed by atoms with Gasteiger partial charge in [0.2, 0.25) is 0 Å². The van der Waals surface area contributed by atoms with Crippen molar-refractivity contribution in [1.29, 1.82) is 0 Å². The lowest BCUT2D eigenvalue weighted by Crippen LogP contribution is -2.45. The second-order valence-electron chi connectivity index (χ2n) is 7.04. The Morgan fingerprint density at radius 2 is 2.00 bits per heavy atom. The van der Waals surface area contributed by atoms with Crippen LogP contribution in [0, 0.1) is 0 Å². The van der Waals surface area contributed by atoms with Crippen LogP contribution in [-0.4, -0.2) is 34.5 Å². The summed E-state index contributed by atoms with van der Waals surface area (Å²) < 4.78 is 5.55. The molecule has 2 heterocycles. The van der Waals surface area contributed by atoms with Gasteiger partial charge in [0, 0.05) is 18.0 Å². The summed E-state index contributed by atoms with van der Waals surface area (Å²) in [6.45, 7) is 7.65. The molecule has 2 rings (SSSR count). The van der Waals surface area contributed by atoms with Gasteiger partial charge < -0.3 is 4.74 Å². The molecule has 2 aliphatic rings. The van der Waals surface area contributed by atoms with E-state index in [0.717, 1.165) is 37.7 Å². The summed E-state index contributed by atoms with van der Waals surface area (Å²) in [5.41, 5.74) is 0.336. The Kier molecular flexibility index (Phi) is 4.74. The molecule has 0 spiro atoms. The number of amides is 1. The summed E-state index contributed by atoms with van der Waals surface area (Å²) in [5.74, 6) is 0.193. The van der Waals surface area contributed by atoms with E-state index in [1.165, 1.54) is 0 Å². The fraction of sp³-hybridized carbons (Fsp3) is 0.765. The van der Waals surface area contributed by atoms with Crippen molar-refractivity contribution in [2.24, 2.45) is 0 Å². The zero-order valence-corrected chi connectivity index (χ0v) is 13.6. The largest absolute Gasteiger partial charge is 0.444 e. The normalized spacial score (nSPS) is 25.3. The molecule has 21 heavy (non-hydrogen) atoms. The molecule has 118 valence electrons. The molecule has 2 bridgehead atoms. The number of Topliss-reactive ketones (excluding diaryl/α,β-unsaturated/α-hetero) is 1. The van der Waals surface area contributed by atoms with E-state index in [4.69, 9.17) is 4.74 Å². The molecule has 0 radical (unpaired) electrons. The molecule has 0 aromatic rings. The second kappa shape index (κ2) is 6.20. The molecular weight excluding hydrogens is 266 g/mol. The smallest absolute Gasteiger partial charge is 0.411 e. The molecule has 4 nitrogen and oxygen atoms in total. The third kappa shape index (κ3) is 3.66. The highest BCUT2D eigenvalue weighted by atomic mass is 16.6. The van der Waals surface area contributed by atoms with E-state index in [0.29, 0.717) is 6.42 Å². The number of carbonyl (C=O) groups excluding carboxylic acids is 2. The van der Waals surface area contributed by atoms with Gasteiger partial charge in [-0.2, -0.15) is 0 Å². The average molecular weight is 293 g/mol. The van der Waals surface area contributed by atoms with Crippen LogP contribution in [0.1, 0.15) is 66.2 Å². The number of rotatable bonds is 3. The van der Waals surface area contributed by atoms with Crippen LogP contribution in [0.25, 0.3) is 0 Å². The van der Waals surface area contributed by atoms with Crippen molar-refractivity contribution < 1.29 is 14.3 Å². The average Bonchev–Trinajstić information content (AvgIpc) is 2.63. The molecular formula is C17H27NO3. The molecule has 1 amide bonds. The minimum absolute atomic E-state index is 0.0774. The van der Waals surface area contributed by atoms with E-state index >= 15 is 0 Å². The van der Waals surface area contributed by atoms with E-state index in [1.54, 1.807) is 0 Å². The lowest BCUT2D eigenvalue weighted by Gasteiger charge is -2.32. The summed E-state index contributed by atoms with van der Waals surface area (Å²) >= 11 is 0. The molecule has 0 aliphatic carbocycles. The summed E-state index contributed by atoms with van der Waals surface area (Å²) in [6.07, 6.45) is 6.86. The van der Waals surface area contributed by atoms with Crippen molar-refractivity contribution >= 4 is 11.9 Å². The number of allylic oxidation sites excluding steroid dienone is 1. The Labute approximate surface area is 127 Å². The summed E-state index contributed by atoms with van der Waals surface area (Å²) in [4.78, 5) is 26.7. The number of ether oxygens (including phenoxy) is 1. The Bertz CT molecular complexity index is 447. The molecule has 1 fully saturated rings. The Balaban J connectivity index is 2.20. The van der Waals surface area contributed by atoms with Crippen molar-refractivity contribution in [3.8, 4) is 0 Å². The maximum atomic E-state index is 12.5. The SMILES string of the molecule is CCCC(=O)C1=CCC[C@@H]2CC[C@H]1N2C(=O)OC(C)(C)C. The highest BCUT2D eigenvalue weighted by molar-refractivity contribution is 5.97. The second-order valence-corrected chi connectivity index (χ2v) is 7.04. The minimum Gasteiger partial charge on any atom is -0.444 e. The van der Waals surface area contributed by atoms with Gasteiger partial charge in [0.25, 0.3) is 0 Å². The fourth-order valence-corrected chi connectivity index (χ4v) is 3.30. The highest BCUT2D eigenvalue weighted by Gasteiger charge is 2.43. The lowest BCUT2D eigenvalue weighted by atomic mass is 9.95. The monoisotopic (exact) mass is 293 g/mol. The van der Waals surface area contributed by atoms with Crippen LogP contribution >= 0.6 is 0 Å². The van der Waals surface area contributed by atoms with E-state index in [1.807, 2.05) is 32.6 Å². The summed E-state index contributed by atoms with van der Waals surface area (Å²) in [7, 11) is 0. The van der Waals surface area contributed by atoms with E-state index in [2.05, 4.69) is 6.08 Å². The number of hydrogen-bond donors (Lipinski definition) is 0. The van der Waals surface area contributed by atoms with Crippen molar-refractivity contribution in [2.45, 2.75) is 83.9 Å². The van der Waals surface area contributed by atoms with Crippen LogP contribution in [0.15, 0.2) is 11.6 Å². The van der Waals surface area contributed by atoms with E-state index < -0.39 is 5.60 Å². The van der Waals surface area contributed by atoms with Gasteiger partial charge in [0.1, 0.15) is 5.60 Å². The first-order valence-electron chi connectivity index (χ1n) is 8.08. The predicted molar refractivity (Wildman–Crippen MR) is 82.1 cm³/mol. The number of nitrogens with zero attached hydrogens (tertiary/aromatic N) is 1. The Morgan fingerprint density at radius 3 is 2.62 bits per heavy atom. The van der Waals surface area contributed by atoms with Gasteiger partial charge in [-0.15, -0.1) is 0 Å². The van der Waals surface area contributed by atoms with Crippen molar-refractivity contribution in [2.75, 3.05) is 0 Å². The quantitative estimate of drug-likeness (QED) is 0.794. The minimum atomic E-state index is -0.500. The van der Waals surface area contributed by atoms with Gasteiger partial charge in [-0.25, -0.2) is 4.79 Å². The molecule has 2 aliphatic heterocycles. The van der Waals surface area contributed by atoms with Crippen molar-refractivity contribution in [3.63, 3.8) is 0 Å². The number of hydrogen-bond acceptors (Lipinski definition) is 3. The van der Waals surface area contributed by atoms with Crippen LogP contribution in [0.2, 0.25) is 0 Å². The first-order valence-corrected chi connectivity index (χ1v) is 8.08. The molecule has 0 aromatic heterocycles. The molecule has 1 saturated heterocycles. The van der Waals surface area contributed by atoms with E-state index in [-0.39, 0.29) is 24.0 Å². The predicted octanol–water partition coefficient (Wildman–Crippen LogP) is 3.84. The van der Waals surface area contributed by atoms with E-state index in [9.17, 15) is 9.59 Å². The van der Waals surface area contributed by atoms with Gasteiger partial charge >= 0.3 is 6.09 Å². The molecule has 2 atom stereocenters. The third-order valence-electron chi connectivity index (χ3n) is 4.13. The van der Waals surface area contributed by atoms with Gasteiger partial charge in [0.15, 0.2) is 5.78 Å². The standard InChI is InChI=1S/C17H27NO3/c1-5-7-15(19)13-9-6-8-12-10-11-14(13)18(12)16(20)21-17(2,3)4/h9,12,14H,5-8,10-11H2,1-4H3/t12-,14-/m1/s1. The van der Waals surface area contributed by atoms with Gasteiger partial charge in [0.05, 0.1) is 6.04 Å². The summed E-state index contributed by atoms with van der Waals surface area (Å²) in [5, 5.41) is 0. The first-order chi connectivity index (χ1) is 9.83. The molecule has 0 N–H and O–H groups in total. The molecule has 0 unspecified atom stereocenters. The molecule has 0 aromatic carbocycles. The van der Waals surface area contributed by atoms with Crippen molar-refractivity contribution in [1.82, 2.24) is 4.90 Å². The summed E-state index contributed by atoms with van der Waals surface area (Å²) in [6, 6.07) is 0.138. The van der Waals surface area contributed by atoms with Gasteiger partial charge in [-0.05, 0) is 52.9 Å². The lowest BCUT2D eigenvalue weighted by molar-refractivity contribution is -0.116. The zero-order chi connectivity index (χ0) is 15.6. The maximum absolute atomic E-state index is 12.5. The maximum Gasteiger partial charge on any atom is 0.411 e. The first kappa shape index (κ1) is 16.1. The van der Waals surface area contributed by atoms with Crippen LogP contribution < -0.4 is 0 Å². The highest BCUT2D eigenvalue weighted by Crippen LogP contribution is 2.36. The fourth-order valence-electron chi connectivity index (χ4n) is 3.30. The van der Waals surface area contributed by atoms with Gasteiger partial charge in [-0.1, -0.05) is 13.0 Å². The third-order valence-corrected chi connectivity index (χ3v) is 4.13. The van der Waals surface area contributed by atoms with Gasteiger partial charge in [-0.3, -0.25) is 9.69 Å². The Morgan fingerprint density at radius 1 is 1.29 bits per heavy atom. The molecule has 0 saturated carbocycles. The number of ketones is 1. The van der Waals surface area contributed by atoms with Crippen LogP contribution in [0.4, 0.5) is 4.79 Å². The van der Waals surface area contributed by atoms with Crippen LogP contribution in [-0.2, 0) is 9.53 Å². The number of fused-ring (bicyclic) bond motifs is 2. The van der Waals surface area contributed by atoms with Crippen LogP contribution in [0.3, 0.4) is 0 Å². The number of carbonyl (C=O) groups is 2. The Hall–Kier alpha value is -1.32.